The average molecular weight is 640 g/mol. The van der Waals surface area contributed by atoms with E-state index in [2.05, 4.69) is 52.3 Å². The summed E-state index contributed by atoms with van der Waals surface area (Å²) in [4.78, 5) is 32.9. The van der Waals surface area contributed by atoms with Crippen LogP contribution in [0, 0.1) is 0 Å². The Labute approximate surface area is 278 Å². The van der Waals surface area contributed by atoms with Gasteiger partial charge >= 0.3 is 0 Å². The topological polar surface area (TPSA) is 112 Å². The van der Waals surface area contributed by atoms with E-state index >= 15 is 0 Å². The normalized spacial score (nSPS) is 15.7. The number of nitrogens with zero attached hydrogens (tertiary/aromatic N) is 3. The molecule has 2 atom stereocenters. The maximum absolute atomic E-state index is 13.4. The minimum atomic E-state index is -0.268. The molecule has 3 N–H and O–H groups in total. The first-order valence-corrected chi connectivity index (χ1v) is 16.9. The molecular weight excluding hydrogens is 590 g/mol. The summed E-state index contributed by atoms with van der Waals surface area (Å²) < 4.78 is 13.1. The van der Waals surface area contributed by atoms with Crippen LogP contribution >= 0.6 is 0 Å². The van der Waals surface area contributed by atoms with Gasteiger partial charge in [0.15, 0.2) is 0 Å². The van der Waals surface area contributed by atoms with E-state index in [1.54, 1.807) is 7.11 Å². The van der Waals surface area contributed by atoms with Gasteiger partial charge in [-0.2, -0.15) is 0 Å². The van der Waals surface area contributed by atoms with E-state index in [-0.39, 0.29) is 29.9 Å². The van der Waals surface area contributed by atoms with E-state index in [1.165, 1.54) is 0 Å². The van der Waals surface area contributed by atoms with Crippen LogP contribution in [-0.4, -0.2) is 78.4 Å². The third-order valence-corrected chi connectivity index (χ3v) is 8.76. The molecule has 2 amide bonds. The number of ether oxygens (including phenoxy) is 2. The molecule has 0 spiro atoms. The zero-order valence-electron chi connectivity index (χ0n) is 28.0. The van der Waals surface area contributed by atoms with Gasteiger partial charge in [-0.3, -0.25) is 9.59 Å². The Bertz CT molecular complexity index is 1600. The monoisotopic (exact) mass is 639 g/mol. The summed E-state index contributed by atoms with van der Waals surface area (Å²) in [5.41, 5.74) is 12.5. The van der Waals surface area contributed by atoms with Crippen LogP contribution in [0.4, 0.5) is 0 Å². The number of methoxy groups -OCH3 is 1. The lowest BCUT2D eigenvalue weighted by atomic mass is 9.95. The lowest BCUT2D eigenvalue weighted by Crippen LogP contribution is -2.42. The Balaban J connectivity index is 1.13. The van der Waals surface area contributed by atoms with Crippen molar-refractivity contribution in [1.29, 1.82) is 0 Å². The highest BCUT2D eigenvalue weighted by Crippen LogP contribution is 2.30. The van der Waals surface area contributed by atoms with E-state index in [9.17, 15) is 9.59 Å². The Morgan fingerprint density at radius 1 is 1.00 bits per heavy atom. The maximum Gasteiger partial charge on any atom is 0.251 e. The van der Waals surface area contributed by atoms with Crippen LogP contribution in [0.5, 0.6) is 0 Å². The maximum atomic E-state index is 13.4. The molecule has 1 aromatic heterocycles. The highest BCUT2D eigenvalue weighted by molar-refractivity contribution is 5.94. The molecule has 9 nitrogen and oxygen atoms in total. The number of piperidine rings is 1. The first-order valence-electron chi connectivity index (χ1n) is 16.9. The highest BCUT2D eigenvalue weighted by atomic mass is 16.5. The van der Waals surface area contributed by atoms with Gasteiger partial charge in [0.25, 0.3) is 5.91 Å². The lowest BCUT2D eigenvalue weighted by molar-refractivity contribution is -0.132. The van der Waals surface area contributed by atoms with Crippen molar-refractivity contribution in [2.24, 2.45) is 5.73 Å². The van der Waals surface area contributed by atoms with Crippen LogP contribution in [0.3, 0.4) is 0 Å². The van der Waals surface area contributed by atoms with Gasteiger partial charge in [0.2, 0.25) is 5.91 Å². The molecular formula is C38H49N5O4. The number of nitrogens with one attached hydrogen (secondary N) is 1. The summed E-state index contributed by atoms with van der Waals surface area (Å²) in [5.74, 6) is 1.26. The number of benzene rings is 3. The number of aryl methyl sites for hydroxylation is 1. The first kappa shape index (κ1) is 34.3. The second-order valence-corrected chi connectivity index (χ2v) is 12.8. The minimum Gasteiger partial charge on any atom is -0.385 e. The molecule has 2 heterocycles. The van der Waals surface area contributed by atoms with Crippen molar-refractivity contribution in [3.05, 3.63) is 89.7 Å². The summed E-state index contributed by atoms with van der Waals surface area (Å²) in [7, 11) is 1.73. The van der Waals surface area contributed by atoms with E-state index < -0.39 is 0 Å². The summed E-state index contributed by atoms with van der Waals surface area (Å²) in [6, 6.07) is 23.9. The van der Waals surface area contributed by atoms with Crippen LogP contribution in [0.2, 0.25) is 0 Å². The van der Waals surface area contributed by atoms with Gasteiger partial charge in [-0.05, 0) is 80.5 Å². The average Bonchev–Trinajstić information content (AvgIpc) is 3.45. The highest BCUT2D eigenvalue weighted by Gasteiger charge is 2.29. The number of carbonyl (C=O) groups excluding carboxylic acids is 2. The number of carbonyl (C=O) groups is 2. The van der Waals surface area contributed by atoms with Crippen LogP contribution in [-0.2, 0) is 27.2 Å². The molecule has 0 unspecified atom stereocenters. The Kier molecular flexibility index (Phi) is 12.2. The van der Waals surface area contributed by atoms with Crippen molar-refractivity contribution in [3.63, 3.8) is 0 Å². The van der Waals surface area contributed by atoms with Crippen LogP contribution in [0.25, 0.3) is 22.2 Å². The zero-order chi connectivity index (χ0) is 33.2. The van der Waals surface area contributed by atoms with Crippen LogP contribution in [0.1, 0.15) is 67.2 Å². The van der Waals surface area contributed by atoms with Crippen molar-refractivity contribution < 1.29 is 19.1 Å². The molecule has 0 radical (unpaired) electrons. The molecule has 1 aliphatic heterocycles. The Morgan fingerprint density at radius 3 is 2.45 bits per heavy atom. The van der Waals surface area contributed by atoms with E-state index in [0.29, 0.717) is 44.7 Å². The predicted octanol–water partition coefficient (Wildman–Crippen LogP) is 5.56. The van der Waals surface area contributed by atoms with Gasteiger partial charge in [-0.15, -0.1) is 0 Å². The number of rotatable bonds is 15. The van der Waals surface area contributed by atoms with Gasteiger partial charge in [0, 0.05) is 63.8 Å². The van der Waals surface area contributed by atoms with Gasteiger partial charge in [-0.1, -0.05) is 48.5 Å². The zero-order valence-corrected chi connectivity index (χ0v) is 28.0. The quantitative estimate of drug-likeness (QED) is 0.165. The van der Waals surface area contributed by atoms with Gasteiger partial charge in [-0.25, -0.2) is 4.98 Å². The minimum absolute atomic E-state index is 0.109. The third-order valence-electron chi connectivity index (χ3n) is 8.76. The summed E-state index contributed by atoms with van der Waals surface area (Å²) in [5, 5.41) is 2.89. The number of aromatic nitrogens is 2. The molecule has 250 valence electrons. The number of fused-ring (bicyclic) bond motifs is 1. The van der Waals surface area contributed by atoms with E-state index in [1.807, 2.05) is 49.1 Å². The van der Waals surface area contributed by atoms with Gasteiger partial charge in [0.05, 0.1) is 23.7 Å². The van der Waals surface area contributed by atoms with Crippen LogP contribution < -0.4 is 11.1 Å². The Hall–Kier alpha value is -4.05. The molecule has 1 saturated heterocycles. The fraction of sp³-hybridized carbons (Fsp3) is 0.447. The lowest BCUT2D eigenvalue weighted by Gasteiger charge is -2.33. The smallest absolute Gasteiger partial charge is 0.251 e. The standard InChI is InChI=1S/C38H49N5O4/c1-27(2)47-23-19-40-38(45)31-17-15-30(16-18-31)29-13-11-28(12-14-29)24-33(39)25-36(44)42-20-6-8-32(26-42)37-41-34-9-4-5-10-35(34)43(37)21-7-22-46-3/h4-5,9-18,27,32-33H,6-8,19-26,39H2,1-3H3,(H,40,45)/t32-,33-/m1/s1. The first-order chi connectivity index (χ1) is 22.8. The van der Waals surface area contributed by atoms with E-state index in [0.717, 1.165) is 65.9 Å². The van der Waals surface area contributed by atoms with Crippen molar-refractivity contribution >= 4 is 22.8 Å². The molecule has 5 rings (SSSR count). The molecule has 47 heavy (non-hydrogen) atoms. The van der Waals surface area contributed by atoms with Crippen molar-refractivity contribution in [2.45, 2.75) is 70.6 Å². The summed E-state index contributed by atoms with van der Waals surface area (Å²) in [6.07, 6.45) is 3.95. The predicted molar refractivity (Wildman–Crippen MR) is 186 cm³/mol. The molecule has 0 saturated carbocycles. The molecule has 1 fully saturated rings. The molecule has 3 aromatic carbocycles. The molecule has 1 aliphatic rings. The SMILES string of the molecule is COCCCn1c([C@@H]2CCCN(C(=O)C[C@H](N)Cc3ccc(-c4ccc(C(=O)NCCOC(C)C)cc4)cc3)C2)nc2ccccc21. The second-order valence-electron chi connectivity index (χ2n) is 12.8. The summed E-state index contributed by atoms with van der Waals surface area (Å²) >= 11 is 0. The van der Waals surface area contributed by atoms with Crippen molar-refractivity contribution in [3.8, 4) is 11.1 Å². The van der Waals surface area contributed by atoms with Gasteiger partial charge in [0.1, 0.15) is 5.82 Å². The number of amides is 2. The van der Waals surface area contributed by atoms with Gasteiger partial charge < -0.3 is 30.0 Å². The largest absolute Gasteiger partial charge is 0.385 e. The number of imidazole rings is 1. The van der Waals surface area contributed by atoms with Crippen LogP contribution in [0.15, 0.2) is 72.8 Å². The number of para-hydroxylation sites is 2. The molecule has 4 aromatic rings. The number of likely N-dealkylation sites (tertiary alicyclic amines) is 1. The molecule has 0 bridgehead atoms. The Morgan fingerprint density at radius 2 is 1.72 bits per heavy atom. The second kappa shape index (κ2) is 16.7. The third kappa shape index (κ3) is 9.28. The fourth-order valence-corrected chi connectivity index (χ4v) is 6.36. The van der Waals surface area contributed by atoms with Crippen molar-refractivity contribution in [1.82, 2.24) is 19.8 Å². The number of hydrogen-bond acceptors (Lipinski definition) is 6. The van der Waals surface area contributed by atoms with E-state index in [4.69, 9.17) is 20.2 Å². The number of hydrogen-bond donors (Lipinski definition) is 2. The molecule has 0 aliphatic carbocycles. The molecule has 9 heteroatoms. The fourth-order valence-electron chi connectivity index (χ4n) is 6.36. The number of nitrogens with two attached hydrogens (primary N) is 1. The van der Waals surface area contributed by atoms with Crippen molar-refractivity contribution in [2.75, 3.05) is 40.0 Å². The summed E-state index contributed by atoms with van der Waals surface area (Å²) in [6.45, 7) is 7.88.